The first-order valence-electron chi connectivity index (χ1n) is 9.89. The van der Waals surface area contributed by atoms with Crippen LogP contribution in [0.4, 0.5) is 11.4 Å². The summed E-state index contributed by atoms with van der Waals surface area (Å²) in [5.74, 6) is 0.570. The molecule has 30 heavy (non-hydrogen) atoms. The second-order valence-electron chi connectivity index (χ2n) is 7.31. The molecule has 1 aliphatic heterocycles. The fraction of sp³-hybridized carbons (Fsp3) is 0.208. The van der Waals surface area contributed by atoms with Crippen molar-refractivity contribution >= 4 is 40.7 Å². The average Bonchev–Trinajstić information content (AvgIpc) is 2.96. The number of hydrogen-bond acceptors (Lipinski definition) is 3. The Bertz CT molecular complexity index is 1060. The number of anilines is 2. The Balaban J connectivity index is 1.74. The van der Waals surface area contributed by atoms with E-state index in [9.17, 15) is 4.79 Å². The zero-order valence-corrected chi connectivity index (χ0v) is 18.1. The molecule has 3 aromatic carbocycles. The van der Waals surface area contributed by atoms with Crippen molar-refractivity contribution in [1.82, 2.24) is 0 Å². The van der Waals surface area contributed by atoms with E-state index in [4.69, 9.17) is 28.1 Å². The van der Waals surface area contributed by atoms with Crippen LogP contribution in [-0.2, 0) is 16.8 Å². The van der Waals surface area contributed by atoms with Crippen LogP contribution >= 0.6 is 23.4 Å². The summed E-state index contributed by atoms with van der Waals surface area (Å²) in [4.78, 5) is 13.5. The first-order valence-corrected chi connectivity index (χ1v) is 10.6. The smallest absolute Gasteiger partial charge is 0.272 e. The van der Waals surface area contributed by atoms with Crippen LogP contribution in [0, 0.1) is 0 Å². The maximum atomic E-state index is 13.5. The van der Waals surface area contributed by atoms with E-state index >= 15 is 0 Å². The number of nitrogens with one attached hydrogen (secondary N) is 1. The second-order valence-corrected chi connectivity index (χ2v) is 8.09. The van der Waals surface area contributed by atoms with Crippen molar-refractivity contribution in [3.05, 3.63) is 88.9 Å². The molecule has 1 amide bonds. The standard InChI is InChI=1S/C24H22Cl2N2O2/c1-2-14-30-20-12-10-19(11-13-20)27-24(16-17-6-5-7-18(25)15-17)21-8-3-4-9-22(21)28(26)23(24)29/h3-13,15,27H,2,14,16H2,1H3. The SMILES string of the molecule is CCCOc1ccc(NC2(Cc3cccc(Cl)c3)C(=O)N(Cl)c3ccccc32)cc1. The first kappa shape index (κ1) is 20.6. The highest BCUT2D eigenvalue weighted by Crippen LogP contribution is 2.45. The molecule has 1 N–H and O–H groups in total. The molecule has 0 saturated carbocycles. The molecule has 154 valence electrons. The molecule has 1 aliphatic rings. The summed E-state index contributed by atoms with van der Waals surface area (Å²) in [7, 11) is 0. The van der Waals surface area contributed by atoms with Crippen molar-refractivity contribution < 1.29 is 9.53 Å². The first-order chi connectivity index (χ1) is 14.5. The zero-order valence-electron chi connectivity index (χ0n) is 16.6. The molecule has 4 rings (SSSR count). The van der Waals surface area contributed by atoms with Crippen LogP contribution in [0.25, 0.3) is 0 Å². The highest BCUT2D eigenvalue weighted by molar-refractivity contribution is 6.40. The minimum Gasteiger partial charge on any atom is -0.494 e. The zero-order chi connectivity index (χ0) is 21.1. The van der Waals surface area contributed by atoms with Gasteiger partial charge in [0.2, 0.25) is 0 Å². The lowest BCUT2D eigenvalue weighted by molar-refractivity contribution is -0.121. The highest BCUT2D eigenvalue weighted by Gasteiger charge is 2.51. The second kappa shape index (κ2) is 8.58. The van der Waals surface area contributed by atoms with Crippen LogP contribution in [0.5, 0.6) is 5.75 Å². The molecule has 1 heterocycles. The number of carbonyl (C=O) groups is 1. The van der Waals surface area contributed by atoms with Gasteiger partial charge in [-0.05, 0) is 54.4 Å². The summed E-state index contributed by atoms with van der Waals surface area (Å²) >= 11 is 12.6. The summed E-state index contributed by atoms with van der Waals surface area (Å²) in [5.41, 5.74) is 2.20. The minimum absolute atomic E-state index is 0.225. The predicted octanol–water partition coefficient (Wildman–Crippen LogP) is 6.18. The van der Waals surface area contributed by atoms with Crippen molar-refractivity contribution in [2.75, 3.05) is 16.3 Å². The Morgan fingerprint density at radius 3 is 2.53 bits per heavy atom. The van der Waals surface area contributed by atoms with Gasteiger partial charge in [0.25, 0.3) is 5.91 Å². The maximum Gasteiger partial charge on any atom is 0.272 e. The van der Waals surface area contributed by atoms with Gasteiger partial charge in [0, 0.05) is 34.5 Å². The minimum atomic E-state index is -1.05. The monoisotopic (exact) mass is 440 g/mol. The molecule has 0 bridgehead atoms. The Labute approximate surface area is 186 Å². The van der Waals surface area contributed by atoms with E-state index in [0.29, 0.717) is 23.7 Å². The Kier molecular flexibility index (Phi) is 5.89. The number of para-hydroxylation sites is 1. The van der Waals surface area contributed by atoms with E-state index in [1.807, 2.05) is 72.8 Å². The van der Waals surface area contributed by atoms with Gasteiger partial charge >= 0.3 is 0 Å². The number of hydrogen-bond donors (Lipinski definition) is 1. The number of ether oxygens (including phenoxy) is 1. The molecule has 3 aromatic rings. The number of rotatable bonds is 7. The number of benzene rings is 3. The molecule has 4 nitrogen and oxygen atoms in total. The summed E-state index contributed by atoms with van der Waals surface area (Å²) in [6, 6.07) is 22.7. The number of fused-ring (bicyclic) bond motifs is 1. The lowest BCUT2D eigenvalue weighted by atomic mass is 9.84. The third kappa shape index (κ3) is 3.85. The van der Waals surface area contributed by atoms with Crippen LogP contribution in [-0.4, -0.2) is 12.5 Å². The van der Waals surface area contributed by atoms with E-state index < -0.39 is 5.54 Å². The van der Waals surface area contributed by atoms with Crippen molar-refractivity contribution in [3.63, 3.8) is 0 Å². The molecule has 1 unspecified atom stereocenters. The van der Waals surface area contributed by atoms with Gasteiger partial charge in [0.15, 0.2) is 5.54 Å². The number of amides is 1. The molecule has 0 fully saturated rings. The summed E-state index contributed by atoms with van der Waals surface area (Å²) in [6.45, 7) is 2.73. The molecular formula is C24H22Cl2N2O2. The van der Waals surface area contributed by atoms with Crippen molar-refractivity contribution in [3.8, 4) is 5.75 Å². The molecular weight excluding hydrogens is 419 g/mol. The third-order valence-corrected chi connectivity index (χ3v) is 5.73. The van der Waals surface area contributed by atoms with Gasteiger partial charge in [0.05, 0.1) is 12.3 Å². The largest absolute Gasteiger partial charge is 0.494 e. The van der Waals surface area contributed by atoms with Crippen LogP contribution in [0.15, 0.2) is 72.8 Å². The van der Waals surface area contributed by atoms with Gasteiger partial charge in [-0.15, -0.1) is 0 Å². The molecule has 0 saturated heterocycles. The highest BCUT2D eigenvalue weighted by atomic mass is 35.5. The number of nitrogens with zero attached hydrogens (tertiary/aromatic N) is 1. The topological polar surface area (TPSA) is 41.6 Å². The summed E-state index contributed by atoms with van der Waals surface area (Å²) in [6.07, 6.45) is 1.35. The van der Waals surface area contributed by atoms with Gasteiger partial charge in [-0.3, -0.25) is 4.79 Å². The van der Waals surface area contributed by atoms with Crippen LogP contribution in [0.3, 0.4) is 0 Å². The summed E-state index contributed by atoms with van der Waals surface area (Å²) in [5, 5.41) is 4.09. The van der Waals surface area contributed by atoms with Gasteiger partial charge in [0.1, 0.15) is 5.75 Å². The summed E-state index contributed by atoms with van der Waals surface area (Å²) < 4.78 is 6.87. The van der Waals surface area contributed by atoms with E-state index in [1.54, 1.807) is 0 Å². The van der Waals surface area contributed by atoms with Gasteiger partial charge in [-0.25, -0.2) is 4.42 Å². The average molecular weight is 441 g/mol. The molecule has 6 heteroatoms. The Morgan fingerprint density at radius 2 is 1.80 bits per heavy atom. The van der Waals surface area contributed by atoms with Gasteiger partial charge < -0.3 is 10.1 Å². The van der Waals surface area contributed by atoms with Crippen molar-refractivity contribution in [2.45, 2.75) is 25.3 Å². The maximum absolute atomic E-state index is 13.5. The molecule has 1 atom stereocenters. The van der Waals surface area contributed by atoms with E-state index in [-0.39, 0.29) is 5.91 Å². The predicted molar refractivity (Wildman–Crippen MR) is 122 cm³/mol. The number of carbonyl (C=O) groups excluding carboxylic acids is 1. The fourth-order valence-electron chi connectivity index (χ4n) is 3.79. The van der Waals surface area contributed by atoms with E-state index in [2.05, 4.69) is 12.2 Å². The normalized spacial score (nSPS) is 17.7. The Morgan fingerprint density at radius 1 is 1.03 bits per heavy atom. The van der Waals surface area contributed by atoms with E-state index in [1.165, 1.54) is 4.42 Å². The fourth-order valence-corrected chi connectivity index (χ4v) is 4.29. The molecule has 0 aromatic heterocycles. The molecule has 0 spiro atoms. The van der Waals surface area contributed by atoms with E-state index in [0.717, 1.165) is 29.0 Å². The lowest BCUT2D eigenvalue weighted by Crippen LogP contribution is -2.45. The van der Waals surface area contributed by atoms with Crippen LogP contribution in [0.2, 0.25) is 5.02 Å². The Hall–Kier alpha value is -2.69. The molecule has 0 radical (unpaired) electrons. The van der Waals surface area contributed by atoms with Gasteiger partial charge in [-0.1, -0.05) is 48.9 Å². The van der Waals surface area contributed by atoms with Crippen molar-refractivity contribution in [1.29, 1.82) is 0 Å². The van der Waals surface area contributed by atoms with Crippen LogP contribution in [0.1, 0.15) is 24.5 Å². The quantitative estimate of drug-likeness (QED) is 0.446. The van der Waals surface area contributed by atoms with Crippen LogP contribution < -0.4 is 14.5 Å². The number of halogens is 2. The van der Waals surface area contributed by atoms with Crippen molar-refractivity contribution in [2.24, 2.45) is 0 Å². The third-order valence-electron chi connectivity index (χ3n) is 5.16. The van der Waals surface area contributed by atoms with Gasteiger partial charge in [-0.2, -0.15) is 0 Å². The molecule has 0 aliphatic carbocycles. The lowest BCUT2D eigenvalue weighted by Gasteiger charge is -2.30.